The van der Waals surface area contributed by atoms with Gasteiger partial charge in [0.25, 0.3) is 8.32 Å². The maximum atomic E-state index is 13.0. The molecule has 0 N–H and O–H groups in total. The normalized spacial score (nSPS) is 19.2. The average Bonchev–Trinajstić information content (AvgIpc) is 3.09. The summed E-state index contributed by atoms with van der Waals surface area (Å²) in [6, 6.07) is 20.2. The van der Waals surface area contributed by atoms with E-state index in [-0.39, 0.29) is 29.9 Å². The Bertz CT molecular complexity index is 969. The Balaban J connectivity index is 2.05. The van der Waals surface area contributed by atoms with Crippen LogP contribution in [0, 0.1) is 5.92 Å². The largest absolute Gasteiger partial charge is 0.443 e. The molecule has 0 unspecified atom stereocenters. The topological polar surface area (TPSA) is 55.8 Å². The molecule has 0 aromatic heterocycles. The van der Waals surface area contributed by atoms with Crippen LogP contribution >= 0.6 is 0 Å². The molecule has 2 aromatic rings. The number of likely N-dealkylation sites (tertiary alicyclic amines) is 1. The smallest absolute Gasteiger partial charge is 0.417 e. The van der Waals surface area contributed by atoms with Crippen LogP contribution < -0.4 is 10.4 Å². The van der Waals surface area contributed by atoms with Gasteiger partial charge in [0, 0.05) is 12.3 Å². The number of hydrogen-bond acceptors (Lipinski definition) is 4. The second-order valence-corrected chi connectivity index (χ2v) is 15.2. The van der Waals surface area contributed by atoms with Crippen molar-refractivity contribution in [1.82, 2.24) is 4.90 Å². The molecule has 0 aliphatic carbocycles. The average molecular weight is 480 g/mol. The molecule has 3 rings (SSSR count). The van der Waals surface area contributed by atoms with Crippen molar-refractivity contribution in [2.24, 2.45) is 5.92 Å². The second kappa shape index (κ2) is 9.88. The molecule has 2 aromatic carbocycles. The van der Waals surface area contributed by atoms with Gasteiger partial charge in [0.05, 0.1) is 12.6 Å². The minimum absolute atomic E-state index is 0.196. The first-order chi connectivity index (χ1) is 15.9. The van der Waals surface area contributed by atoms with Gasteiger partial charge in [-0.3, -0.25) is 4.79 Å². The fourth-order valence-corrected chi connectivity index (χ4v) is 9.35. The molecule has 0 saturated carbocycles. The van der Waals surface area contributed by atoms with Gasteiger partial charge in [-0.2, -0.15) is 0 Å². The first-order valence-corrected chi connectivity index (χ1v) is 13.7. The van der Waals surface area contributed by atoms with E-state index < -0.39 is 26.1 Å². The summed E-state index contributed by atoms with van der Waals surface area (Å²) in [5.74, 6) is -0.451. The van der Waals surface area contributed by atoms with Crippen LogP contribution in [-0.2, 0) is 14.0 Å². The third-order valence-electron chi connectivity index (χ3n) is 6.29. The minimum atomic E-state index is -2.82. The van der Waals surface area contributed by atoms with Gasteiger partial charge in [-0.05, 0) is 36.2 Å². The molecule has 5 nitrogen and oxygen atoms in total. The molecule has 2 atom stereocenters. The van der Waals surface area contributed by atoms with Crippen LogP contribution in [0.25, 0.3) is 0 Å². The maximum absolute atomic E-state index is 13.0. The first kappa shape index (κ1) is 25.9. The second-order valence-electron chi connectivity index (χ2n) is 10.9. The molecule has 1 aliphatic heterocycles. The van der Waals surface area contributed by atoms with Crippen molar-refractivity contribution in [1.29, 1.82) is 0 Å². The van der Waals surface area contributed by atoms with Crippen molar-refractivity contribution >= 4 is 30.7 Å². The van der Waals surface area contributed by atoms with Crippen LogP contribution in [-0.4, -0.2) is 43.5 Å². The van der Waals surface area contributed by atoms with Crippen LogP contribution in [0.5, 0.6) is 0 Å². The highest BCUT2D eigenvalue weighted by molar-refractivity contribution is 6.99. The number of ether oxygens (including phenoxy) is 1. The van der Waals surface area contributed by atoms with Crippen molar-refractivity contribution in [2.75, 3.05) is 6.61 Å². The molecule has 34 heavy (non-hydrogen) atoms. The van der Waals surface area contributed by atoms with Crippen molar-refractivity contribution < 1.29 is 18.8 Å². The Morgan fingerprint density at radius 3 is 1.91 bits per heavy atom. The Hall–Kier alpha value is -2.70. The number of imide groups is 1. The van der Waals surface area contributed by atoms with Crippen molar-refractivity contribution in [3.05, 3.63) is 73.3 Å². The summed E-state index contributed by atoms with van der Waals surface area (Å²) in [7, 11) is -2.82. The van der Waals surface area contributed by atoms with Gasteiger partial charge in [0.15, 0.2) is 0 Å². The fraction of sp³-hybridized carbons (Fsp3) is 0.429. The van der Waals surface area contributed by atoms with Crippen molar-refractivity contribution in [3.63, 3.8) is 0 Å². The van der Waals surface area contributed by atoms with Gasteiger partial charge in [-0.15, -0.1) is 6.58 Å². The summed E-state index contributed by atoms with van der Waals surface area (Å²) in [5.41, 5.74) is -0.701. The summed E-state index contributed by atoms with van der Waals surface area (Å²) < 4.78 is 12.6. The molecule has 1 aliphatic rings. The molecule has 2 amide bonds. The molecule has 0 spiro atoms. The fourth-order valence-electron chi connectivity index (χ4n) is 4.77. The number of carbonyl (C=O) groups is 2. The van der Waals surface area contributed by atoms with Crippen LogP contribution in [0.2, 0.25) is 5.04 Å². The lowest BCUT2D eigenvalue weighted by Gasteiger charge is -2.44. The molecule has 1 saturated heterocycles. The van der Waals surface area contributed by atoms with Crippen LogP contribution in [0.1, 0.15) is 48.0 Å². The lowest BCUT2D eigenvalue weighted by Crippen LogP contribution is -2.67. The maximum Gasteiger partial charge on any atom is 0.417 e. The Kier molecular flexibility index (Phi) is 7.53. The van der Waals surface area contributed by atoms with Gasteiger partial charge in [0.1, 0.15) is 5.60 Å². The minimum Gasteiger partial charge on any atom is -0.443 e. The Morgan fingerprint density at radius 1 is 1.00 bits per heavy atom. The summed E-state index contributed by atoms with van der Waals surface area (Å²) in [4.78, 5) is 27.1. The molecule has 6 heteroatoms. The zero-order valence-electron chi connectivity index (χ0n) is 21.2. The Labute approximate surface area is 204 Å². The monoisotopic (exact) mass is 479 g/mol. The van der Waals surface area contributed by atoms with Crippen LogP contribution in [0.4, 0.5) is 4.79 Å². The lowest BCUT2D eigenvalue weighted by molar-refractivity contribution is -0.128. The van der Waals surface area contributed by atoms with E-state index in [1.807, 2.05) is 36.4 Å². The van der Waals surface area contributed by atoms with E-state index in [2.05, 4.69) is 51.6 Å². The van der Waals surface area contributed by atoms with Gasteiger partial charge < -0.3 is 9.16 Å². The SMILES string of the molecule is C=C[C@H]1CC(=O)N(C(=O)OC(C)(C)C)[C@@H]1CO[Si](c1ccccc1)(c1ccccc1)C(C)(C)C. The molecule has 182 valence electrons. The lowest BCUT2D eigenvalue weighted by atomic mass is 10.0. The number of hydrogen-bond donors (Lipinski definition) is 0. The van der Waals surface area contributed by atoms with E-state index >= 15 is 0 Å². The van der Waals surface area contributed by atoms with Crippen LogP contribution in [0.15, 0.2) is 73.3 Å². The molecule has 0 radical (unpaired) electrons. The third kappa shape index (κ3) is 5.18. The number of nitrogens with zero attached hydrogens (tertiary/aromatic N) is 1. The summed E-state index contributed by atoms with van der Waals surface area (Å²) in [6.45, 7) is 16.1. The quantitative estimate of drug-likeness (QED) is 0.437. The zero-order chi connectivity index (χ0) is 25.1. The van der Waals surface area contributed by atoms with Gasteiger partial charge >= 0.3 is 6.09 Å². The van der Waals surface area contributed by atoms with Crippen LogP contribution in [0.3, 0.4) is 0 Å². The predicted octanol–water partition coefficient (Wildman–Crippen LogP) is 4.90. The standard InChI is InChI=1S/C28H37NO4Si/c1-8-21-19-25(30)29(26(31)33-27(2,3)4)24(21)20-32-34(28(5,6)7,22-15-11-9-12-16-22)23-17-13-10-14-18-23/h8-18,21,24H,1,19-20H2,2-7H3/t21-,24+/m0/s1. The molecule has 1 heterocycles. The highest BCUT2D eigenvalue weighted by atomic mass is 28.4. The van der Waals surface area contributed by atoms with E-state index in [1.165, 1.54) is 4.90 Å². The van der Waals surface area contributed by atoms with E-state index in [0.29, 0.717) is 0 Å². The number of carbonyl (C=O) groups excluding carboxylic acids is 2. The van der Waals surface area contributed by atoms with Gasteiger partial charge in [0.2, 0.25) is 5.91 Å². The Morgan fingerprint density at radius 2 is 1.50 bits per heavy atom. The third-order valence-corrected chi connectivity index (χ3v) is 11.3. The molecular formula is C28H37NO4Si. The summed E-state index contributed by atoms with van der Waals surface area (Å²) in [6.07, 6.45) is 1.34. The molecule has 1 fully saturated rings. The summed E-state index contributed by atoms with van der Waals surface area (Å²) >= 11 is 0. The van der Waals surface area contributed by atoms with Crippen molar-refractivity contribution in [2.45, 2.75) is 64.6 Å². The van der Waals surface area contributed by atoms with E-state index in [1.54, 1.807) is 26.8 Å². The number of benzene rings is 2. The number of amides is 2. The molecular weight excluding hydrogens is 442 g/mol. The van der Waals surface area contributed by atoms with Gasteiger partial charge in [-0.25, -0.2) is 9.69 Å². The highest BCUT2D eigenvalue weighted by Gasteiger charge is 2.52. The highest BCUT2D eigenvalue weighted by Crippen LogP contribution is 2.38. The van der Waals surface area contributed by atoms with E-state index in [4.69, 9.17) is 9.16 Å². The predicted molar refractivity (Wildman–Crippen MR) is 139 cm³/mol. The zero-order valence-corrected chi connectivity index (χ0v) is 22.2. The van der Waals surface area contributed by atoms with Gasteiger partial charge in [-0.1, -0.05) is 87.5 Å². The molecule has 0 bridgehead atoms. The number of rotatable bonds is 6. The van der Waals surface area contributed by atoms with Crippen molar-refractivity contribution in [3.8, 4) is 0 Å². The first-order valence-electron chi connectivity index (χ1n) is 11.8. The summed E-state index contributed by atoms with van der Waals surface area (Å²) in [5, 5.41) is 2.09. The van der Waals surface area contributed by atoms with E-state index in [9.17, 15) is 9.59 Å². The van der Waals surface area contributed by atoms with E-state index in [0.717, 1.165) is 10.4 Å².